The fourth-order valence-electron chi connectivity index (χ4n) is 1.68. The summed E-state index contributed by atoms with van der Waals surface area (Å²) in [6, 6.07) is 0.859. The van der Waals surface area contributed by atoms with Gasteiger partial charge in [0.25, 0.3) is 5.91 Å². The predicted molar refractivity (Wildman–Crippen MR) is 64.6 cm³/mol. The molecular weight excluding hydrogens is 289 g/mol. The highest BCUT2D eigenvalue weighted by Gasteiger charge is 2.29. The Hall–Kier alpha value is -2.56. The number of carbonyl (C=O) groups excluding carboxylic acids is 1. The number of nitrogens with zero attached hydrogens (tertiary/aromatic N) is 1. The van der Waals surface area contributed by atoms with E-state index < -0.39 is 46.9 Å². The van der Waals surface area contributed by atoms with Crippen molar-refractivity contribution >= 4 is 11.9 Å². The molecule has 0 heterocycles. The molecule has 1 rings (SSSR count). The van der Waals surface area contributed by atoms with E-state index in [4.69, 9.17) is 10.4 Å². The Morgan fingerprint density at radius 2 is 1.86 bits per heavy atom. The Balaban J connectivity index is 3.04. The van der Waals surface area contributed by atoms with Crippen LogP contribution < -0.4 is 5.32 Å². The largest absolute Gasteiger partial charge is 0.480 e. The molecule has 0 saturated heterocycles. The van der Waals surface area contributed by atoms with Gasteiger partial charge in [0, 0.05) is 24.5 Å². The van der Waals surface area contributed by atoms with Crippen molar-refractivity contribution in [2.24, 2.45) is 5.92 Å². The molecule has 2 N–H and O–H groups in total. The van der Waals surface area contributed by atoms with Crippen molar-refractivity contribution in [3.63, 3.8) is 0 Å². The highest BCUT2D eigenvalue weighted by Crippen LogP contribution is 2.16. The Labute approximate surface area is 118 Å². The Morgan fingerprint density at radius 1 is 1.33 bits per heavy atom. The molecule has 8 heteroatoms. The van der Waals surface area contributed by atoms with Gasteiger partial charge in [-0.25, -0.2) is 18.0 Å². The lowest BCUT2D eigenvalue weighted by Crippen LogP contribution is -2.45. The van der Waals surface area contributed by atoms with E-state index in [-0.39, 0.29) is 6.42 Å². The van der Waals surface area contributed by atoms with Gasteiger partial charge in [-0.2, -0.15) is 5.26 Å². The van der Waals surface area contributed by atoms with Gasteiger partial charge in [0.05, 0.1) is 6.07 Å². The van der Waals surface area contributed by atoms with Crippen LogP contribution in [-0.4, -0.2) is 23.0 Å². The summed E-state index contributed by atoms with van der Waals surface area (Å²) in [5, 5.41) is 19.4. The maximum atomic E-state index is 13.4. The zero-order chi connectivity index (χ0) is 16.2. The monoisotopic (exact) mass is 300 g/mol. The molecule has 0 unspecified atom stereocenters. The van der Waals surface area contributed by atoms with Crippen molar-refractivity contribution in [2.45, 2.75) is 19.4 Å². The van der Waals surface area contributed by atoms with E-state index in [9.17, 15) is 22.8 Å². The van der Waals surface area contributed by atoms with Gasteiger partial charge in [0.1, 0.15) is 29.1 Å². The van der Waals surface area contributed by atoms with Gasteiger partial charge in [-0.1, -0.05) is 6.92 Å². The van der Waals surface area contributed by atoms with Crippen LogP contribution in [0.3, 0.4) is 0 Å². The number of aliphatic carboxylic acids is 1. The molecule has 1 aromatic rings. The summed E-state index contributed by atoms with van der Waals surface area (Å²) in [6.07, 6.45) is -0.175. The van der Waals surface area contributed by atoms with Crippen LogP contribution in [0.5, 0.6) is 0 Å². The third-order valence-electron chi connectivity index (χ3n) is 2.77. The van der Waals surface area contributed by atoms with Crippen LogP contribution in [0.15, 0.2) is 12.1 Å². The summed E-state index contributed by atoms with van der Waals surface area (Å²) in [4.78, 5) is 22.8. The number of carbonyl (C=O) groups is 2. The summed E-state index contributed by atoms with van der Waals surface area (Å²) >= 11 is 0. The SMILES string of the molecule is C[C@@H](CC#N)[C@@H](NC(=O)c1c(F)cc(F)cc1F)C(=O)O. The smallest absolute Gasteiger partial charge is 0.326 e. The zero-order valence-electron chi connectivity index (χ0n) is 10.9. The molecule has 0 bridgehead atoms. The predicted octanol–water partition coefficient (Wildman–Crippen LogP) is 1.84. The van der Waals surface area contributed by atoms with Gasteiger partial charge in [-0.05, 0) is 0 Å². The van der Waals surface area contributed by atoms with Gasteiger partial charge in [0.15, 0.2) is 0 Å². The zero-order valence-corrected chi connectivity index (χ0v) is 10.9. The molecule has 0 saturated carbocycles. The highest BCUT2D eigenvalue weighted by atomic mass is 19.1. The average molecular weight is 300 g/mol. The molecule has 0 spiro atoms. The topological polar surface area (TPSA) is 90.2 Å². The van der Waals surface area contributed by atoms with Crippen LogP contribution in [0, 0.1) is 34.7 Å². The molecule has 112 valence electrons. The third kappa shape index (κ3) is 3.95. The van der Waals surface area contributed by atoms with Gasteiger partial charge < -0.3 is 10.4 Å². The van der Waals surface area contributed by atoms with E-state index in [1.807, 2.05) is 5.32 Å². The number of hydrogen-bond acceptors (Lipinski definition) is 3. The molecule has 0 aliphatic rings. The number of rotatable bonds is 5. The van der Waals surface area contributed by atoms with Crippen molar-refractivity contribution in [1.29, 1.82) is 5.26 Å². The number of hydrogen-bond donors (Lipinski definition) is 2. The summed E-state index contributed by atoms with van der Waals surface area (Å²) in [7, 11) is 0. The standard InChI is InChI=1S/C13H11F3N2O3/c1-6(2-3-17)11(13(20)21)18-12(19)10-8(15)4-7(14)5-9(10)16/h4-6,11H,2H2,1H3,(H,18,19)(H,20,21)/t6-,11+/m0/s1. The van der Waals surface area contributed by atoms with Gasteiger partial charge >= 0.3 is 5.97 Å². The second-order valence-corrected chi connectivity index (χ2v) is 4.37. The normalized spacial score (nSPS) is 13.1. The second kappa shape index (κ2) is 6.74. The Morgan fingerprint density at radius 3 is 2.29 bits per heavy atom. The maximum Gasteiger partial charge on any atom is 0.326 e. The molecule has 1 amide bonds. The fraction of sp³-hybridized carbons (Fsp3) is 0.308. The highest BCUT2D eigenvalue weighted by molar-refractivity contribution is 5.97. The molecule has 0 aliphatic heterocycles. The lowest BCUT2D eigenvalue weighted by Gasteiger charge is -2.19. The third-order valence-corrected chi connectivity index (χ3v) is 2.77. The van der Waals surface area contributed by atoms with E-state index in [0.717, 1.165) is 0 Å². The molecule has 0 fully saturated rings. The molecule has 0 aliphatic carbocycles. The average Bonchev–Trinajstić information content (AvgIpc) is 2.34. The lowest BCUT2D eigenvalue weighted by atomic mass is 9.98. The molecule has 1 aromatic carbocycles. The first-order valence-corrected chi connectivity index (χ1v) is 5.83. The summed E-state index contributed by atoms with van der Waals surface area (Å²) < 4.78 is 39.6. The van der Waals surface area contributed by atoms with Gasteiger partial charge in [0.2, 0.25) is 0 Å². The van der Waals surface area contributed by atoms with Crippen LogP contribution in [0.25, 0.3) is 0 Å². The maximum absolute atomic E-state index is 13.4. The summed E-state index contributed by atoms with van der Waals surface area (Å²) in [6.45, 7) is 1.39. The quantitative estimate of drug-likeness (QED) is 0.868. The molecule has 2 atom stereocenters. The van der Waals surface area contributed by atoms with Crippen LogP contribution in [0.2, 0.25) is 0 Å². The fourth-order valence-corrected chi connectivity index (χ4v) is 1.68. The molecule has 0 aromatic heterocycles. The van der Waals surface area contributed by atoms with Crippen LogP contribution in [0.4, 0.5) is 13.2 Å². The van der Waals surface area contributed by atoms with Crippen LogP contribution in [0.1, 0.15) is 23.7 Å². The number of amides is 1. The number of halogens is 3. The first-order chi connectivity index (χ1) is 9.77. The number of benzene rings is 1. The molecule has 5 nitrogen and oxygen atoms in total. The van der Waals surface area contributed by atoms with E-state index in [1.54, 1.807) is 6.07 Å². The van der Waals surface area contributed by atoms with Crippen molar-refractivity contribution in [2.75, 3.05) is 0 Å². The van der Waals surface area contributed by atoms with Crippen LogP contribution in [-0.2, 0) is 4.79 Å². The Kier molecular flexibility index (Phi) is 5.30. The number of nitriles is 1. The molecule has 0 radical (unpaired) electrons. The Bertz CT molecular complexity index is 590. The van der Waals surface area contributed by atoms with E-state index in [2.05, 4.69) is 0 Å². The number of nitrogens with one attached hydrogen (secondary N) is 1. The second-order valence-electron chi connectivity index (χ2n) is 4.37. The summed E-state index contributed by atoms with van der Waals surface area (Å²) in [5.41, 5.74) is -1.08. The minimum absolute atomic E-state index is 0.175. The first-order valence-electron chi connectivity index (χ1n) is 5.83. The first kappa shape index (κ1) is 16.5. The molecular formula is C13H11F3N2O3. The van der Waals surface area contributed by atoms with E-state index in [0.29, 0.717) is 12.1 Å². The lowest BCUT2D eigenvalue weighted by molar-refractivity contribution is -0.140. The van der Waals surface area contributed by atoms with Crippen molar-refractivity contribution in [1.82, 2.24) is 5.32 Å². The van der Waals surface area contributed by atoms with Gasteiger partial charge in [-0.15, -0.1) is 0 Å². The minimum Gasteiger partial charge on any atom is -0.480 e. The van der Waals surface area contributed by atoms with Crippen LogP contribution >= 0.6 is 0 Å². The number of carboxylic acids is 1. The summed E-state index contributed by atoms with van der Waals surface area (Å²) in [5.74, 6) is -7.64. The van der Waals surface area contributed by atoms with E-state index >= 15 is 0 Å². The van der Waals surface area contributed by atoms with Crippen molar-refractivity contribution < 1.29 is 27.9 Å². The minimum atomic E-state index is -1.50. The van der Waals surface area contributed by atoms with E-state index in [1.165, 1.54) is 6.92 Å². The van der Waals surface area contributed by atoms with Gasteiger partial charge in [-0.3, -0.25) is 4.79 Å². The van der Waals surface area contributed by atoms with Crippen molar-refractivity contribution in [3.05, 3.63) is 35.1 Å². The number of carboxylic acid groups (broad SMARTS) is 1. The molecule has 21 heavy (non-hydrogen) atoms. The van der Waals surface area contributed by atoms with Crippen molar-refractivity contribution in [3.8, 4) is 6.07 Å².